The molecule has 4 aromatic carbocycles. The van der Waals surface area contributed by atoms with Gasteiger partial charge in [-0.15, -0.1) is 0 Å². The van der Waals surface area contributed by atoms with Gasteiger partial charge in [-0.2, -0.15) is 5.26 Å². The summed E-state index contributed by atoms with van der Waals surface area (Å²) in [5, 5.41) is 9.61. The van der Waals surface area contributed by atoms with E-state index in [1.165, 1.54) is 22.3 Å². The second-order valence-corrected chi connectivity index (χ2v) is 15.4. The Labute approximate surface area is 325 Å². The molecule has 10 nitrogen and oxygen atoms in total. The normalized spacial score (nSPS) is 20.2. The number of nitrogens with zero attached hydrogens (tertiary/aromatic N) is 4. The number of likely N-dealkylation sites (tertiary alicyclic amines) is 1. The Morgan fingerprint density at radius 3 is 2.09 bits per heavy atom. The maximum Gasteiger partial charge on any atom is 0.204 e. The van der Waals surface area contributed by atoms with Gasteiger partial charge in [0, 0.05) is 48.8 Å². The van der Waals surface area contributed by atoms with Crippen molar-refractivity contribution in [3.05, 3.63) is 93.5 Å². The number of ether oxygens (including phenoxy) is 6. The van der Waals surface area contributed by atoms with E-state index in [-0.39, 0.29) is 18.0 Å². The molecule has 5 heterocycles. The van der Waals surface area contributed by atoms with Crippen molar-refractivity contribution in [1.82, 2.24) is 14.7 Å². The van der Waals surface area contributed by atoms with E-state index < -0.39 is 0 Å². The number of hydrogen-bond donors (Lipinski definition) is 0. The summed E-state index contributed by atoms with van der Waals surface area (Å²) in [6, 6.07) is 21.6. The van der Waals surface area contributed by atoms with Crippen LogP contribution in [-0.2, 0) is 32.2 Å². The van der Waals surface area contributed by atoms with Gasteiger partial charge in [0.2, 0.25) is 5.75 Å². The van der Waals surface area contributed by atoms with Crippen molar-refractivity contribution < 1.29 is 28.4 Å². The van der Waals surface area contributed by atoms with Crippen LogP contribution in [-0.4, -0.2) is 83.4 Å². The lowest BCUT2D eigenvalue weighted by molar-refractivity contribution is 0.190. The minimum Gasteiger partial charge on any atom is -0.493 e. The Hall–Kier alpha value is -4.95. The van der Waals surface area contributed by atoms with Gasteiger partial charge in [0.1, 0.15) is 5.75 Å². The maximum atomic E-state index is 9.61. The molecule has 0 aliphatic carbocycles. The van der Waals surface area contributed by atoms with E-state index >= 15 is 0 Å². The van der Waals surface area contributed by atoms with Gasteiger partial charge in [-0.25, -0.2) is 0 Å². The van der Waals surface area contributed by atoms with Crippen LogP contribution in [0.15, 0.2) is 54.6 Å². The first-order chi connectivity index (χ1) is 26.8. The first kappa shape index (κ1) is 37.0. The number of rotatable bonds is 6. The molecule has 0 saturated carbocycles. The Kier molecular flexibility index (Phi) is 10.5. The third kappa shape index (κ3) is 7.06. The molecule has 5 aliphatic rings. The number of fused-ring (bicyclic) bond motifs is 2. The summed E-state index contributed by atoms with van der Waals surface area (Å²) in [6.07, 6.45) is 4.99. The quantitative estimate of drug-likeness (QED) is 0.194. The zero-order valence-electron chi connectivity index (χ0n) is 32.9. The number of likely N-dealkylation sites (N-methyl/N-ethyl adjacent to an activating group) is 2. The second-order valence-electron chi connectivity index (χ2n) is 15.4. The maximum absolute atomic E-state index is 9.61. The van der Waals surface area contributed by atoms with E-state index in [4.69, 9.17) is 28.4 Å². The first-order valence-corrected chi connectivity index (χ1v) is 19.5. The third-order valence-electron chi connectivity index (χ3n) is 12.3. The highest BCUT2D eigenvalue weighted by Gasteiger charge is 2.38. The van der Waals surface area contributed by atoms with Crippen LogP contribution < -0.4 is 28.4 Å². The van der Waals surface area contributed by atoms with Gasteiger partial charge in [0.15, 0.2) is 34.5 Å². The highest BCUT2D eigenvalue weighted by atomic mass is 16.5. The number of methoxy groups -OCH3 is 4. The van der Waals surface area contributed by atoms with Crippen molar-refractivity contribution in [2.75, 3.05) is 68.7 Å². The highest BCUT2D eigenvalue weighted by molar-refractivity contribution is 5.67. The summed E-state index contributed by atoms with van der Waals surface area (Å²) in [5.74, 6) is 5.49. The minimum absolute atomic E-state index is 0.0662. The summed E-state index contributed by atoms with van der Waals surface area (Å²) in [5.41, 5.74) is 8.27. The van der Waals surface area contributed by atoms with Crippen LogP contribution in [0, 0.1) is 17.2 Å². The monoisotopic (exact) mass is 744 g/mol. The zero-order chi connectivity index (χ0) is 38.2. The van der Waals surface area contributed by atoms with Crippen LogP contribution in [0.3, 0.4) is 0 Å². The molecule has 5 aliphatic heterocycles. The summed E-state index contributed by atoms with van der Waals surface area (Å²) in [4.78, 5) is 7.30. The molecule has 0 amide bonds. The van der Waals surface area contributed by atoms with E-state index in [0.717, 1.165) is 80.7 Å². The molecular weight excluding hydrogens is 693 g/mol. The molecule has 0 spiro atoms. The van der Waals surface area contributed by atoms with Crippen LogP contribution in [0.4, 0.5) is 0 Å². The van der Waals surface area contributed by atoms with Crippen molar-refractivity contribution in [3.8, 4) is 52.1 Å². The van der Waals surface area contributed by atoms with Crippen LogP contribution in [0.1, 0.15) is 63.9 Å². The summed E-state index contributed by atoms with van der Waals surface area (Å²) in [6.45, 7) is 4.23. The fraction of sp³-hybridized carbons (Fsp3) is 0.444. The van der Waals surface area contributed by atoms with Gasteiger partial charge in [-0.1, -0.05) is 18.2 Å². The van der Waals surface area contributed by atoms with E-state index in [1.54, 1.807) is 28.4 Å². The molecule has 10 heteroatoms. The van der Waals surface area contributed by atoms with Gasteiger partial charge < -0.3 is 28.4 Å². The fourth-order valence-corrected chi connectivity index (χ4v) is 9.12. The second kappa shape index (κ2) is 15.7. The Morgan fingerprint density at radius 1 is 0.709 bits per heavy atom. The van der Waals surface area contributed by atoms with Crippen molar-refractivity contribution in [2.45, 2.75) is 57.2 Å². The van der Waals surface area contributed by atoms with Crippen LogP contribution >= 0.6 is 0 Å². The molecule has 6 bridgehead atoms. The fourth-order valence-electron chi connectivity index (χ4n) is 9.12. The molecule has 0 radical (unpaired) electrons. The highest BCUT2D eigenvalue weighted by Crippen LogP contribution is 2.54. The Bertz CT molecular complexity index is 2090. The number of hydrogen-bond acceptors (Lipinski definition) is 10. The van der Waals surface area contributed by atoms with Crippen molar-refractivity contribution in [2.24, 2.45) is 5.92 Å². The first-order valence-electron chi connectivity index (χ1n) is 19.5. The van der Waals surface area contributed by atoms with Crippen molar-refractivity contribution in [1.29, 1.82) is 5.26 Å². The van der Waals surface area contributed by atoms with Gasteiger partial charge in [0.05, 0.1) is 34.5 Å². The Morgan fingerprint density at radius 2 is 1.38 bits per heavy atom. The van der Waals surface area contributed by atoms with Crippen LogP contribution in [0.5, 0.6) is 46.0 Å². The number of nitriles is 1. The van der Waals surface area contributed by atoms with Crippen molar-refractivity contribution >= 4 is 0 Å². The molecule has 0 aromatic heterocycles. The molecule has 4 aromatic rings. The molecule has 1 fully saturated rings. The van der Waals surface area contributed by atoms with Gasteiger partial charge in [-0.3, -0.25) is 14.7 Å². The smallest absolute Gasteiger partial charge is 0.204 e. The molecule has 288 valence electrons. The summed E-state index contributed by atoms with van der Waals surface area (Å²) >= 11 is 0. The van der Waals surface area contributed by atoms with Crippen LogP contribution in [0.2, 0.25) is 0 Å². The lowest BCUT2D eigenvalue weighted by atomic mass is 9.84. The standard InChI is InChI=1S/C45H52N4O6/c1-47-17-15-31-24-39(51-4)41-25-34(31)36(47)21-28-7-10-32(11-8-28)54-40-23-30(9-12-38(40)50-3)22-37-42-33(16-18-48(37)2)35(27-49-19-13-29(26-46)14-20-49)43(52-5)45(53-6)44(42)55-41/h7-12,23-25,29,36-37H,13-22,27H2,1-6H3/t36-,37-/m0/s1. The largest absolute Gasteiger partial charge is 0.493 e. The summed E-state index contributed by atoms with van der Waals surface area (Å²) < 4.78 is 38.3. The van der Waals surface area contributed by atoms with Gasteiger partial charge in [-0.05, 0) is 130 Å². The number of piperidine rings is 1. The minimum atomic E-state index is -0.0662. The van der Waals surface area contributed by atoms with Crippen LogP contribution in [0.25, 0.3) is 0 Å². The predicted molar refractivity (Wildman–Crippen MR) is 211 cm³/mol. The molecular formula is C45H52N4O6. The van der Waals surface area contributed by atoms with E-state index in [1.807, 2.05) is 6.07 Å². The van der Waals surface area contributed by atoms with Crippen molar-refractivity contribution in [3.63, 3.8) is 0 Å². The van der Waals surface area contributed by atoms with Gasteiger partial charge >= 0.3 is 0 Å². The van der Waals surface area contributed by atoms with E-state index in [0.29, 0.717) is 53.2 Å². The van der Waals surface area contributed by atoms with E-state index in [2.05, 4.69) is 83.4 Å². The predicted octanol–water partition coefficient (Wildman–Crippen LogP) is 7.90. The average Bonchev–Trinajstić information content (AvgIpc) is 3.21. The molecule has 1 saturated heterocycles. The molecule has 9 rings (SSSR count). The SMILES string of the molecule is COc1ccc2cc1Oc1ccc(cc1)C[C@H]1c3cc(c(OC)cc3CCN1C)Oc1c(OC)c(OC)c(CN3CCC(C#N)CC3)c3c1[C@H](C2)N(C)CC3. The average molecular weight is 745 g/mol. The zero-order valence-corrected chi connectivity index (χ0v) is 32.9. The molecule has 0 unspecified atom stereocenters. The molecule has 2 atom stereocenters. The lowest BCUT2D eigenvalue weighted by Crippen LogP contribution is -2.37. The summed E-state index contributed by atoms with van der Waals surface area (Å²) in [7, 11) is 11.2. The third-order valence-corrected chi connectivity index (χ3v) is 12.3. The van der Waals surface area contributed by atoms with E-state index in [9.17, 15) is 5.26 Å². The Balaban J connectivity index is 1.35. The lowest BCUT2D eigenvalue weighted by Gasteiger charge is -2.39. The van der Waals surface area contributed by atoms with Gasteiger partial charge in [0.25, 0.3) is 0 Å². The number of benzene rings is 4. The molecule has 0 N–H and O–H groups in total. The topological polar surface area (TPSA) is 88.9 Å². The molecule has 55 heavy (non-hydrogen) atoms.